The van der Waals surface area contributed by atoms with Crippen LogP contribution in [-0.2, 0) is 0 Å². The Labute approximate surface area is 179 Å². The van der Waals surface area contributed by atoms with Crippen molar-refractivity contribution < 1.29 is 0 Å². The predicted octanol–water partition coefficient (Wildman–Crippen LogP) is 7.77. The summed E-state index contributed by atoms with van der Waals surface area (Å²) in [6.45, 7) is 19.7. The van der Waals surface area contributed by atoms with Crippen molar-refractivity contribution in [1.82, 2.24) is 9.80 Å². The molecular formula is C26H56N2. The van der Waals surface area contributed by atoms with Gasteiger partial charge in [-0.1, -0.05) is 86.0 Å². The molecule has 0 saturated carbocycles. The Hall–Kier alpha value is -0.0800. The molecule has 0 heterocycles. The van der Waals surface area contributed by atoms with Crippen LogP contribution < -0.4 is 0 Å². The lowest BCUT2D eigenvalue weighted by atomic mass is 10.0. The van der Waals surface area contributed by atoms with Crippen LogP contribution >= 0.6 is 0 Å². The molecule has 2 nitrogen and oxygen atoms in total. The summed E-state index contributed by atoms with van der Waals surface area (Å²) in [7, 11) is 0. The summed E-state index contributed by atoms with van der Waals surface area (Å²) >= 11 is 0. The smallest absolute Gasteiger partial charge is 0.00162 e. The van der Waals surface area contributed by atoms with Gasteiger partial charge in [-0.3, -0.25) is 0 Å². The first-order valence-electron chi connectivity index (χ1n) is 13.1. The van der Waals surface area contributed by atoms with Gasteiger partial charge in [0.1, 0.15) is 0 Å². The van der Waals surface area contributed by atoms with Crippen LogP contribution in [0.15, 0.2) is 0 Å². The molecule has 0 aliphatic heterocycles. The van der Waals surface area contributed by atoms with Crippen LogP contribution in [0.5, 0.6) is 0 Å². The van der Waals surface area contributed by atoms with Gasteiger partial charge in [0, 0.05) is 0 Å². The Kier molecular flexibility index (Phi) is 21.6. The minimum absolute atomic E-state index is 0.861. The molecule has 0 atom stereocenters. The highest BCUT2D eigenvalue weighted by Gasteiger charge is 2.11. The van der Waals surface area contributed by atoms with Crippen molar-refractivity contribution in [2.75, 3.05) is 39.3 Å². The highest BCUT2D eigenvalue weighted by molar-refractivity contribution is 4.66. The molecule has 0 N–H and O–H groups in total. The van der Waals surface area contributed by atoms with Crippen LogP contribution in [0, 0.1) is 5.92 Å². The van der Waals surface area contributed by atoms with Crippen molar-refractivity contribution in [3.05, 3.63) is 0 Å². The van der Waals surface area contributed by atoms with Crippen LogP contribution in [-0.4, -0.2) is 49.1 Å². The van der Waals surface area contributed by atoms with Crippen LogP contribution in [0.25, 0.3) is 0 Å². The van der Waals surface area contributed by atoms with Gasteiger partial charge in [0.05, 0.1) is 0 Å². The summed E-state index contributed by atoms with van der Waals surface area (Å²) in [5.41, 5.74) is 0. The molecule has 0 fully saturated rings. The summed E-state index contributed by atoms with van der Waals surface area (Å²) in [5.74, 6) is 0.861. The fourth-order valence-corrected chi connectivity index (χ4v) is 3.96. The van der Waals surface area contributed by atoms with Gasteiger partial charge in [0.2, 0.25) is 0 Å². The molecule has 0 unspecified atom stereocenters. The van der Waals surface area contributed by atoms with Gasteiger partial charge in [-0.05, 0) is 83.7 Å². The normalized spacial score (nSPS) is 12.0. The maximum absolute atomic E-state index is 2.77. The van der Waals surface area contributed by atoms with E-state index in [0.717, 1.165) is 5.92 Å². The molecule has 0 aromatic rings. The van der Waals surface area contributed by atoms with E-state index in [0.29, 0.717) is 0 Å². The SMILES string of the molecule is CCCCCN(CCCCC)CCC(C)CCN(CCCCC)CCCCC. The quantitative estimate of drug-likeness (QED) is 0.172. The lowest BCUT2D eigenvalue weighted by Gasteiger charge is -2.26. The molecule has 2 heteroatoms. The molecule has 0 spiro atoms. The second kappa shape index (κ2) is 21.6. The molecule has 170 valence electrons. The number of hydrogen-bond donors (Lipinski definition) is 0. The molecule has 0 aliphatic rings. The third kappa shape index (κ3) is 18.0. The Balaban J connectivity index is 4.19. The highest BCUT2D eigenvalue weighted by atomic mass is 15.1. The Morgan fingerprint density at radius 2 is 0.714 bits per heavy atom. The first-order valence-corrected chi connectivity index (χ1v) is 13.1. The molecule has 0 rings (SSSR count). The summed E-state index contributed by atoms with van der Waals surface area (Å²) in [4.78, 5) is 5.53. The zero-order chi connectivity index (χ0) is 20.9. The van der Waals surface area contributed by atoms with Crippen molar-refractivity contribution in [3.63, 3.8) is 0 Å². The number of hydrogen-bond acceptors (Lipinski definition) is 2. The molecule has 0 aliphatic carbocycles. The molecule has 0 bridgehead atoms. The van der Waals surface area contributed by atoms with Gasteiger partial charge in [-0.2, -0.15) is 0 Å². The van der Waals surface area contributed by atoms with Gasteiger partial charge >= 0.3 is 0 Å². The van der Waals surface area contributed by atoms with Gasteiger partial charge < -0.3 is 9.80 Å². The number of rotatable bonds is 22. The third-order valence-electron chi connectivity index (χ3n) is 6.19. The maximum Gasteiger partial charge on any atom is -0.00162 e. The van der Waals surface area contributed by atoms with Gasteiger partial charge in [0.15, 0.2) is 0 Å². The Morgan fingerprint density at radius 1 is 0.429 bits per heavy atom. The van der Waals surface area contributed by atoms with Crippen LogP contribution in [0.4, 0.5) is 0 Å². The molecule has 28 heavy (non-hydrogen) atoms. The van der Waals surface area contributed by atoms with Crippen LogP contribution in [0.1, 0.15) is 125 Å². The van der Waals surface area contributed by atoms with E-state index in [9.17, 15) is 0 Å². The van der Waals surface area contributed by atoms with Crippen molar-refractivity contribution in [2.24, 2.45) is 5.92 Å². The first-order chi connectivity index (χ1) is 13.7. The van der Waals surface area contributed by atoms with Crippen LogP contribution in [0.2, 0.25) is 0 Å². The van der Waals surface area contributed by atoms with Crippen LogP contribution in [0.3, 0.4) is 0 Å². The van der Waals surface area contributed by atoms with Gasteiger partial charge in [-0.15, -0.1) is 0 Å². The standard InChI is InChI=1S/C26H56N2/c1-6-10-14-20-27(21-15-11-7-2)24-18-26(5)19-25-28(22-16-12-8-3)23-17-13-9-4/h26H,6-25H2,1-5H3. The fraction of sp³-hybridized carbons (Fsp3) is 1.00. The van der Waals surface area contributed by atoms with Crippen molar-refractivity contribution >= 4 is 0 Å². The molecule has 0 radical (unpaired) electrons. The average Bonchev–Trinajstić information content (AvgIpc) is 2.70. The van der Waals surface area contributed by atoms with E-state index in [1.807, 2.05) is 0 Å². The summed E-state index contributed by atoms with van der Waals surface area (Å²) < 4.78 is 0. The maximum atomic E-state index is 2.77. The summed E-state index contributed by atoms with van der Waals surface area (Å²) in [6, 6.07) is 0. The van der Waals surface area contributed by atoms with Crippen molar-refractivity contribution in [2.45, 2.75) is 125 Å². The van der Waals surface area contributed by atoms with E-state index in [1.54, 1.807) is 0 Å². The minimum Gasteiger partial charge on any atom is -0.303 e. The zero-order valence-electron chi connectivity index (χ0n) is 20.6. The van der Waals surface area contributed by atoms with Crippen molar-refractivity contribution in [1.29, 1.82) is 0 Å². The summed E-state index contributed by atoms with van der Waals surface area (Å²) in [6.07, 6.45) is 19.3. The van der Waals surface area contributed by atoms with E-state index >= 15 is 0 Å². The van der Waals surface area contributed by atoms with Gasteiger partial charge in [0.25, 0.3) is 0 Å². The van der Waals surface area contributed by atoms with E-state index in [4.69, 9.17) is 0 Å². The van der Waals surface area contributed by atoms with Gasteiger partial charge in [-0.25, -0.2) is 0 Å². The molecular weight excluding hydrogens is 340 g/mol. The fourth-order valence-electron chi connectivity index (χ4n) is 3.96. The second-order valence-electron chi connectivity index (χ2n) is 9.19. The Morgan fingerprint density at radius 3 is 0.964 bits per heavy atom. The van der Waals surface area contributed by atoms with Crippen molar-refractivity contribution in [3.8, 4) is 0 Å². The average molecular weight is 397 g/mol. The summed E-state index contributed by atoms with van der Waals surface area (Å²) in [5, 5.41) is 0. The van der Waals surface area contributed by atoms with E-state index in [2.05, 4.69) is 44.4 Å². The predicted molar refractivity (Wildman–Crippen MR) is 129 cm³/mol. The lowest BCUT2D eigenvalue weighted by Crippen LogP contribution is -2.30. The van der Waals surface area contributed by atoms with E-state index in [-0.39, 0.29) is 0 Å². The third-order valence-corrected chi connectivity index (χ3v) is 6.19. The molecule has 0 saturated heterocycles. The largest absolute Gasteiger partial charge is 0.303 e. The van der Waals surface area contributed by atoms with E-state index < -0.39 is 0 Å². The zero-order valence-corrected chi connectivity index (χ0v) is 20.6. The number of unbranched alkanes of at least 4 members (excludes halogenated alkanes) is 8. The molecule has 0 aromatic heterocycles. The first kappa shape index (κ1) is 27.9. The lowest BCUT2D eigenvalue weighted by molar-refractivity contribution is 0.218. The van der Waals surface area contributed by atoms with E-state index in [1.165, 1.54) is 129 Å². The monoisotopic (exact) mass is 396 g/mol. The second-order valence-corrected chi connectivity index (χ2v) is 9.19. The number of nitrogens with zero attached hydrogens (tertiary/aromatic N) is 2. The molecule has 0 aromatic carbocycles. The highest BCUT2D eigenvalue weighted by Crippen LogP contribution is 2.13. The molecule has 0 amide bonds. The minimum atomic E-state index is 0.861. The Bertz CT molecular complexity index is 244. The topological polar surface area (TPSA) is 6.48 Å².